The Morgan fingerprint density at radius 1 is 0.500 bits per heavy atom. The van der Waals surface area contributed by atoms with Crippen LogP contribution in [0.2, 0.25) is 0 Å². The second kappa shape index (κ2) is 5.22. The minimum atomic E-state index is 0.296. The van der Waals surface area contributed by atoms with Gasteiger partial charge in [0, 0.05) is 0 Å². The SMILES string of the molecule is Cc1ccc(-c2ccc(-c3ccc(O)cc3)cc2)cc1. The highest BCUT2D eigenvalue weighted by Gasteiger charge is 2.00. The zero-order valence-electron chi connectivity index (χ0n) is 11.4. The molecule has 0 spiro atoms. The summed E-state index contributed by atoms with van der Waals surface area (Å²) in [6.45, 7) is 2.09. The molecule has 20 heavy (non-hydrogen) atoms. The third-order valence-corrected chi connectivity index (χ3v) is 3.47. The lowest BCUT2D eigenvalue weighted by molar-refractivity contribution is 0.475. The minimum Gasteiger partial charge on any atom is -0.508 e. The summed E-state index contributed by atoms with van der Waals surface area (Å²) >= 11 is 0. The summed E-state index contributed by atoms with van der Waals surface area (Å²) in [5.41, 5.74) is 5.98. The molecule has 1 N–H and O–H groups in total. The Labute approximate surface area is 119 Å². The number of phenols is 1. The van der Waals surface area contributed by atoms with Crippen LogP contribution in [-0.2, 0) is 0 Å². The molecule has 0 aliphatic rings. The molecule has 0 unspecified atom stereocenters. The minimum absolute atomic E-state index is 0.296. The quantitative estimate of drug-likeness (QED) is 0.684. The average molecular weight is 260 g/mol. The summed E-state index contributed by atoms with van der Waals surface area (Å²) in [7, 11) is 0. The summed E-state index contributed by atoms with van der Waals surface area (Å²) in [5, 5.41) is 9.32. The second-order valence-corrected chi connectivity index (χ2v) is 4.99. The highest BCUT2D eigenvalue weighted by atomic mass is 16.3. The Morgan fingerprint density at radius 2 is 0.800 bits per heavy atom. The van der Waals surface area contributed by atoms with E-state index in [9.17, 15) is 5.11 Å². The van der Waals surface area contributed by atoms with E-state index in [0.717, 1.165) is 11.1 Å². The third kappa shape index (κ3) is 2.57. The Morgan fingerprint density at radius 3 is 1.20 bits per heavy atom. The molecule has 0 fully saturated rings. The number of benzene rings is 3. The number of hydrogen-bond donors (Lipinski definition) is 1. The molecule has 3 aromatic carbocycles. The molecule has 0 aliphatic carbocycles. The summed E-state index contributed by atoms with van der Waals surface area (Å²) in [5.74, 6) is 0.296. The van der Waals surface area contributed by atoms with E-state index in [1.807, 2.05) is 12.1 Å². The van der Waals surface area contributed by atoms with Gasteiger partial charge in [-0.15, -0.1) is 0 Å². The van der Waals surface area contributed by atoms with E-state index in [4.69, 9.17) is 0 Å². The predicted octanol–water partition coefficient (Wildman–Crippen LogP) is 5.03. The average Bonchev–Trinajstić information content (AvgIpc) is 2.49. The maximum atomic E-state index is 9.32. The Kier molecular flexibility index (Phi) is 3.26. The van der Waals surface area contributed by atoms with Crippen LogP contribution in [0.4, 0.5) is 0 Å². The van der Waals surface area contributed by atoms with Crippen molar-refractivity contribution in [2.24, 2.45) is 0 Å². The van der Waals surface area contributed by atoms with Gasteiger partial charge < -0.3 is 5.11 Å². The summed E-state index contributed by atoms with van der Waals surface area (Å²) in [6.07, 6.45) is 0. The van der Waals surface area contributed by atoms with Crippen LogP contribution in [0.5, 0.6) is 5.75 Å². The first-order chi connectivity index (χ1) is 9.72. The fraction of sp³-hybridized carbons (Fsp3) is 0.0526. The topological polar surface area (TPSA) is 20.2 Å². The van der Waals surface area contributed by atoms with E-state index in [1.54, 1.807) is 12.1 Å². The lowest BCUT2D eigenvalue weighted by Gasteiger charge is -2.05. The van der Waals surface area contributed by atoms with Gasteiger partial charge in [0.05, 0.1) is 0 Å². The van der Waals surface area contributed by atoms with E-state index in [0.29, 0.717) is 5.75 Å². The van der Waals surface area contributed by atoms with Crippen molar-refractivity contribution in [1.82, 2.24) is 0 Å². The largest absolute Gasteiger partial charge is 0.508 e. The highest BCUT2D eigenvalue weighted by Crippen LogP contribution is 2.26. The molecule has 0 heterocycles. The molecule has 1 heteroatoms. The standard InChI is InChI=1S/C19H16O/c1-14-2-4-15(5-3-14)16-6-8-17(9-7-16)18-10-12-19(20)13-11-18/h2-13,20H,1H3. The molecular formula is C19H16O. The van der Waals surface area contributed by atoms with Crippen LogP contribution in [0.1, 0.15) is 5.56 Å². The van der Waals surface area contributed by atoms with Crippen molar-refractivity contribution < 1.29 is 5.11 Å². The van der Waals surface area contributed by atoms with Gasteiger partial charge in [-0.05, 0) is 41.3 Å². The van der Waals surface area contributed by atoms with E-state index in [1.165, 1.54) is 16.7 Å². The van der Waals surface area contributed by atoms with E-state index < -0.39 is 0 Å². The van der Waals surface area contributed by atoms with Gasteiger partial charge in [-0.3, -0.25) is 0 Å². The number of rotatable bonds is 2. The summed E-state index contributed by atoms with van der Waals surface area (Å²) < 4.78 is 0. The van der Waals surface area contributed by atoms with Gasteiger partial charge in [-0.2, -0.15) is 0 Å². The zero-order valence-corrected chi connectivity index (χ0v) is 11.4. The van der Waals surface area contributed by atoms with Crippen molar-refractivity contribution in [2.45, 2.75) is 6.92 Å². The molecule has 0 aromatic heterocycles. The van der Waals surface area contributed by atoms with Gasteiger partial charge in [-0.1, -0.05) is 66.2 Å². The van der Waals surface area contributed by atoms with Gasteiger partial charge in [0.1, 0.15) is 5.75 Å². The molecule has 0 aliphatic heterocycles. The summed E-state index contributed by atoms with van der Waals surface area (Å²) in [6, 6.07) is 24.3. The molecular weight excluding hydrogens is 244 g/mol. The monoisotopic (exact) mass is 260 g/mol. The molecule has 0 radical (unpaired) electrons. The maximum Gasteiger partial charge on any atom is 0.115 e. The van der Waals surface area contributed by atoms with Crippen molar-refractivity contribution in [3.05, 3.63) is 78.4 Å². The van der Waals surface area contributed by atoms with E-state index >= 15 is 0 Å². The fourth-order valence-corrected chi connectivity index (χ4v) is 2.26. The lowest BCUT2D eigenvalue weighted by Crippen LogP contribution is -1.81. The van der Waals surface area contributed by atoms with Crippen molar-refractivity contribution >= 4 is 0 Å². The van der Waals surface area contributed by atoms with Gasteiger partial charge in [0.25, 0.3) is 0 Å². The van der Waals surface area contributed by atoms with Crippen LogP contribution < -0.4 is 0 Å². The molecule has 98 valence electrons. The number of aromatic hydroxyl groups is 1. The van der Waals surface area contributed by atoms with Crippen molar-refractivity contribution in [3.8, 4) is 28.0 Å². The Hall–Kier alpha value is -2.54. The molecule has 3 aromatic rings. The van der Waals surface area contributed by atoms with Gasteiger partial charge in [0.15, 0.2) is 0 Å². The molecule has 3 rings (SSSR count). The first kappa shape index (κ1) is 12.5. The van der Waals surface area contributed by atoms with Gasteiger partial charge >= 0.3 is 0 Å². The van der Waals surface area contributed by atoms with Crippen molar-refractivity contribution in [3.63, 3.8) is 0 Å². The van der Waals surface area contributed by atoms with Crippen LogP contribution in [0.15, 0.2) is 72.8 Å². The van der Waals surface area contributed by atoms with Crippen LogP contribution in [0, 0.1) is 6.92 Å². The predicted molar refractivity (Wildman–Crippen MR) is 83.7 cm³/mol. The lowest BCUT2D eigenvalue weighted by atomic mass is 10.00. The smallest absolute Gasteiger partial charge is 0.115 e. The molecule has 1 nitrogen and oxygen atoms in total. The van der Waals surface area contributed by atoms with Gasteiger partial charge in [0.2, 0.25) is 0 Å². The van der Waals surface area contributed by atoms with Crippen LogP contribution in [0.25, 0.3) is 22.3 Å². The molecule has 0 bridgehead atoms. The third-order valence-electron chi connectivity index (χ3n) is 3.47. The highest BCUT2D eigenvalue weighted by molar-refractivity contribution is 5.70. The number of hydrogen-bond acceptors (Lipinski definition) is 1. The van der Waals surface area contributed by atoms with Gasteiger partial charge in [-0.25, -0.2) is 0 Å². The fourth-order valence-electron chi connectivity index (χ4n) is 2.26. The van der Waals surface area contributed by atoms with Crippen molar-refractivity contribution in [1.29, 1.82) is 0 Å². The van der Waals surface area contributed by atoms with Crippen LogP contribution in [0.3, 0.4) is 0 Å². The van der Waals surface area contributed by atoms with E-state index in [-0.39, 0.29) is 0 Å². The zero-order chi connectivity index (χ0) is 13.9. The summed E-state index contributed by atoms with van der Waals surface area (Å²) in [4.78, 5) is 0. The Bertz CT molecular complexity index is 628. The number of aryl methyl sites for hydroxylation is 1. The first-order valence-corrected chi connectivity index (χ1v) is 6.69. The van der Waals surface area contributed by atoms with Crippen molar-refractivity contribution in [2.75, 3.05) is 0 Å². The molecule has 0 saturated carbocycles. The first-order valence-electron chi connectivity index (χ1n) is 6.69. The second-order valence-electron chi connectivity index (χ2n) is 4.99. The van der Waals surface area contributed by atoms with E-state index in [2.05, 4.69) is 55.5 Å². The van der Waals surface area contributed by atoms with Crippen LogP contribution >= 0.6 is 0 Å². The normalized spacial score (nSPS) is 10.4. The van der Waals surface area contributed by atoms with Crippen LogP contribution in [-0.4, -0.2) is 5.11 Å². The molecule has 0 amide bonds. The maximum absolute atomic E-state index is 9.32. The molecule has 0 saturated heterocycles. The molecule has 0 atom stereocenters. The number of phenolic OH excluding ortho intramolecular Hbond substituents is 1. The Balaban J connectivity index is 1.91.